The topological polar surface area (TPSA) is 127 Å². The van der Waals surface area contributed by atoms with Crippen LogP contribution < -0.4 is 16.8 Å². The third kappa shape index (κ3) is 3.07. The number of primary amides is 1. The van der Waals surface area contributed by atoms with Crippen LogP contribution in [0.15, 0.2) is 17.6 Å². The zero-order valence-corrected chi connectivity index (χ0v) is 12.5. The van der Waals surface area contributed by atoms with E-state index in [0.717, 1.165) is 5.56 Å². The van der Waals surface area contributed by atoms with Crippen LogP contribution in [0.1, 0.15) is 23.3 Å². The van der Waals surface area contributed by atoms with Crippen molar-refractivity contribution >= 4 is 40.7 Å². The van der Waals surface area contributed by atoms with Crippen molar-refractivity contribution in [1.82, 2.24) is 9.97 Å². The van der Waals surface area contributed by atoms with Gasteiger partial charge in [-0.15, -0.1) is 23.7 Å². The molecule has 0 unspecified atom stereocenters. The van der Waals surface area contributed by atoms with Crippen LogP contribution in [0.4, 0.5) is 5.13 Å². The van der Waals surface area contributed by atoms with Crippen molar-refractivity contribution < 1.29 is 9.59 Å². The molecule has 112 valence electrons. The number of nitrogens with zero attached hydrogens (tertiary/aromatic N) is 1. The molecule has 2 heterocycles. The van der Waals surface area contributed by atoms with Crippen LogP contribution in [0.5, 0.6) is 0 Å². The molecule has 2 amide bonds. The number of H-pyrrole nitrogens is 1. The third-order valence-electron chi connectivity index (χ3n) is 3.21. The van der Waals surface area contributed by atoms with Gasteiger partial charge in [0.05, 0.1) is 11.2 Å². The maximum atomic E-state index is 11.8. The van der Waals surface area contributed by atoms with Gasteiger partial charge in [-0.2, -0.15) is 0 Å². The highest BCUT2D eigenvalue weighted by Crippen LogP contribution is 2.34. The van der Waals surface area contributed by atoms with Gasteiger partial charge >= 0.3 is 0 Å². The van der Waals surface area contributed by atoms with Gasteiger partial charge in [-0.25, -0.2) is 4.98 Å². The fourth-order valence-corrected chi connectivity index (χ4v) is 2.45. The standard InChI is InChI=1S/C12H13N5O2S.ClH/c13-9(18)7-3-6(4-15-7)8-5-20-11(16-8)17-10(19)12(14)1-2-12;/h3-5,15H,1-2,14H2,(H2,13,18)(H,16,17,19);1H. The summed E-state index contributed by atoms with van der Waals surface area (Å²) >= 11 is 1.31. The lowest BCUT2D eigenvalue weighted by atomic mass is 10.2. The number of nitrogens with two attached hydrogens (primary N) is 2. The van der Waals surface area contributed by atoms with E-state index in [-0.39, 0.29) is 18.3 Å². The normalized spacial score (nSPS) is 15.1. The van der Waals surface area contributed by atoms with Crippen molar-refractivity contribution in [2.45, 2.75) is 18.4 Å². The van der Waals surface area contributed by atoms with E-state index in [4.69, 9.17) is 11.5 Å². The minimum atomic E-state index is -0.723. The molecule has 0 aliphatic heterocycles. The molecule has 3 rings (SSSR count). The molecule has 0 spiro atoms. The second kappa shape index (κ2) is 5.47. The molecule has 2 aromatic heterocycles. The Morgan fingerprint density at radius 1 is 1.43 bits per heavy atom. The summed E-state index contributed by atoms with van der Waals surface area (Å²) in [6, 6.07) is 1.62. The van der Waals surface area contributed by atoms with Crippen molar-refractivity contribution in [2.75, 3.05) is 5.32 Å². The first kappa shape index (κ1) is 15.5. The van der Waals surface area contributed by atoms with E-state index in [2.05, 4.69) is 15.3 Å². The Labute approximate surface area is 130 Å². The first-order valence-electron chi connectivity index (χ1n) is 6.02. The second-order valence-electron chi connectivity index (χ2n) is 4.81. The lowest BCUT2D eigenvalue weighted by Gasteiger charge is -2.06. The lowest BCUT2D eigenvalue weighted by molar-refractivity contribution is -0.118. The molecule has 1 aliphatic rings. The SMILES string of the molecule is Cl.NC(=O)c1cc(-c2csc(NC(=O)C3(N)CC3)n2)c[nH]1. The number of aromatic amines is 1. The minimum absolute atomic E-state index is 0. The summed E-state index contributed by atoms with van der Waals surface area (Å²) < 4.78 is 0. The molecular weight excluding hydrogens is 314 g/mol. The van der Waals surface area contributed by atoms with Gasteiger partial charge < -0.3 is 21.8 Å². The summed E-state index contributed by atoms with van der Waals surface area (Å²) in [5.74, 6) is -0.732. The predicted molar refractivity (Wildman–Crippen MR) is 82.4 cm³/mol. The van der Waals surface area contributed by atoms with Crippen LogP contribution in [0, 0.1) is 0 Å². The van der Waals surface area contributed by atoms with Crippen molar-refractivity contribution in [2.24, 2.45) is 11.5 Å². The summed E-state index contributed by atoms with van der Waals surface area (Å²) in [6.45, 7) is 0. The van der Waals surface area contributed by atoms with Crippen LogP contribution in [0.25, 0.3) is 11.3 Å². The fourth-order valence-electron chi connectivity index (χ4n) is 1.73. The van der Waals surface area contributed by atoms with E-state index in [1.54, 1.807) is 17.6 Å². The average molecular weight is 328 g/mol. The maximum Gasteiger partial charge on any atom is 0.265 e. The van der Waals surface area contributed by atoms with Crippen LogP contribution in [-0.4, -0.2) is 27.3 Å². The highest BCUT2D eigenvalue weighted by Gasteiger charge is 2.46. The molecule has 9 heteroatoms. The molecule has 0 radical (unpaired) electrons. The number of nitrogens with one attached hydrogen (secondary N) is 2. The third-order valence-corrected chi connectivity index (χ3v) is 3.97. The Kier molecular flexibility index (Phi) is 4.04. The van der Waals surface area contributed by atoms with Gasteiger partial charge in [-0.3, -0.25) is 9.59 Å². The molecule has 0 bridgehead atoms. The number of thiazole rings is 1. The van der Waals surface area contributed by atoms with Gasteiger partial charge in [-0.1, -0.05) is 0 Å². The summed E-state index contributed by atoms with van der Waals surface area (Å²) in [5.41, 5.74) is 12.0. The number of anilines is 1. The highest BCUT2D eigenvalue weighted by atomic mass is 35.5. The van der Waals surface area contributed by atoms with Gasteiger partial charge in [0.1, 0.15) is 5.69 Å². The number of amides is 2. The number of carbonyl (C=O) groups excluding carboxylic acids is 2. The minimum Gasteiger partial charge on any atom is -0.364 e. The largest absolute Gasteiger partial charge is 0.364 e. The van der Waals surface area contributed by atoms with Crippen molar-refractivity contribution in [3.8, 4) is 11.3 Å². The molecule has 1 aliphatic carbocycles. The summed E-state index contributed by atoms with van der Waals surface area (Å²) in [5, 5.41) is 4.99. The Hall–Kier alpha value is -1.90. The van der Waals surface area contributed by atoms with Gasteiger partial charge in [0, 0.05) is 17.1 Å². The molecule has 0 atom stereocenters. The average Bonchev–Trinajstić information content (AvgIpc) is 2.84. The number of rotatable bonds is 4. The Morgan fingerprint density at radius 3 is 2.71 bits per heavy atom. The zero-order valence-electron chi connectivity index (χ0n) is 10.9. The maximum absolute atomic E-state index is 11.8. The van der Waals surface area contributed by atoms with Gasteiger partial charge in [0.25, 0.3) is 5.91 Å². The molecule has 6 N–H and O–H groups in total. The molecule has 21 heavy (non-hydrogen) atoms. The molecule has 7 nitrogen and oxygen atoms in total. The number of aromatic nitrogens is 2. The van der Waals surface area contributed by atoms with Crippen LogP contribution in [0.2, 0.25) is 0 Å². The first-order valence-corrected chi connectivity index (χ1v) is 6.90. The van der Waals surface area contributed by atoms with Gasteiger partial charge in [0.2, 0.25) is 5.91 Å². The quantitative estimate of drug-likeness (QED) is 0.670. The second-order valence-corrected chi connectivity index (χ2v) is 5.67. The Morgan fingerprint density at radius 2 is 2.14 bits per heavy atom. The van der Waals surface area contributed by atoms with E-state index in [1.807, 2.05) is 0 Å². The molecule has 1 saturated carbocycles. The molecule has 0 saturated heterocycles. The van der Waals surface area contributed by atoms with E-state index in [1.165, 1.54) is 11.3 Å². The Bertz CT molecular complexity index is 691. The number of halogens is 1. The van der Waals surface area contributed by atoms with Gasteiger partial charge in [-0.05, 0) is 18.9 Å². The fraction of sp³-hybridized carbons (Fsp3) is 0.250. The first-order chi connectivity index (χ1) is 9.48. The van der Waals surface area contributed by atoms with E-state index < -0.39 is 11.4 Å². The molecular formula is C12H14ClN5O2S. The van der Waals surface area contributed by atoms with Crippen LogP contribution >= 0.6 is 23.7 Å². The highest BCUT2D eigenvalue weighted by molar-refractivity contribution is 7.14. The van der Waals surface area contributed by atoms with E-state index >= 15 is 0 Å². The summed E-state index contributed by atoms with van der Waals surface area (Å²) in [7, 11) is 0. The van der Waals surface area contributed by atoms with Crippen LogP contribution in [-0.2, 0) is 4.79 Å². The Balaban J connectivity index is 0.00000161. The number of hydrogen-bond acceptors (Lipinski definition) is 5. The van der Waals surface area contributed by atoms with E-state index in [9.17, 15) is 9.59 Å². The summed E-state index contributed by atoms with van der Waals surface area (Å²) in [6.07, 6.45) is 3.06. The molecule has 1 fully saturated rings. The van der Waals surface area contributed by atoms with Gasteiger partial charge in [0.15, 0.2) is 5.13 Å². The predicted octanol–water partition coefficient (Wildman–Crippen LogP) is 1.09. The molecule has 0 aromatic carbocycles. The number of carbonyl (C=O) groups is 2. The van der Waals surface area contributed by atoms with Crippen LogP contribution in [0.3, 0.4) is 0 Å². The molecule has 2 aromatic rings. The monoisotopic (exact) mass is 327 g/mol. The lowest BCUT2D eigenvalue weighted by Crippen LogP contribution is -2.37. The summed E-state index contributed by atoms with van der Waals surface area (Å²) in [4.78, 5) is 29.9. The number of hydrogen-bond donors (Lipinski definition) is 4. The van der Waals surface area contributed by atoms with Crippen molar-refractivity contribution in [3.63, 3.8) is 0 Å². The van der Waals surface area contributed by atoms with Crippen molar-refractivity contribution in [1.29, 1.82) is 0 Å². The van der Waals surface area contributed by atoms with Crippen molar-refractivity contribution in [3.05, 3.63) is 23.3 Å². The van der Waals surface area contributed by atoms with E-state index in [0.29, 0.717) is 29.4 Å². The zero-order chi connectivity index (χ0) is 14.3. The smallest absolute Gasteiger partial charge is 0.265 e.